The molecule has 0 bridgehead atoms. The van der Waals surface area contributed by atoms with Crippen LogP contribution < -0.4 is 5.32 Å². The highest BCUT2D eigenvalue weighted by atomic mass is 19.1. The normalized spacial score (nSPS) is 12.2. The van der Waals surface area contributed by atoms with E-state index in [9.17, 15) is 9.18 Å². The number of amides is 1. The molecule has 1 aromatic heterocycles. The first-order valence-corrected chi connectivity index (χ1v) is 7.87. The number of nitrogens with zero attached hydrogens (tertiary/aromatic N) is 3. The summed E-state index contributed by atoms with van der Waals surface area (Å²) in [7, 11) is 3.59. The maximum Gasteiger partial charge on any atom is 0.241 e. The molecule has 128 valence electrons. The van der Waals surface area contributed by atoms with Crippen LogP contribution in [0.3, 0.4) is 0 Å². The molecule has 5 nitrogen and oxygen atoms in total. The van der Waals surface area contributed by atoms with Gasteiger partial charge in [0, 0.05) is 24.4 Å². The molecule has 0 aliphatic heterocycles. The maximum absolute atomic E-state index is 13.4. The van der Waals surface area contributed by atoms with Crippen LogP contribution in [0.4, 0.5) is 4.39 Å². The molecule has 2 aromatic rings. The van der Waals surface area contributed by atoms with Crippen molar-refractivity contribution in [2.75, 3.05) is 20.6 Å². The van der Waals surface area contributed by atoms with E-state index >= 15 is 0 Å². The second-order valence-electron chi connectivity index (χ2n) is 6.03. The van der Waals surface area contributed by atoms with Gasteiger partial charge in [0.15, 0.2) is 0 Å². The predicted molar refractivity (Wildman–Crippen MR) is 91.0 cm³/mol. The van der Waals surface area contributed by atoms with Crippen LogP contribution in [0.1, 0.15) is 28.8 Å². The standard InChI is InChI=1S/C18H23FN4O/c1-12-10-13(2)22-16(21-12)8-9-20-18(24)17(23(3)4)14-6-5-7-15(19)11-14/h5-7,10-11,17H,8-9H2,1-4H3,(H,20,24)/t17-/m1/s1. The van der Waals surface area contributed by atoms with Gasteiger partial charge in [-0.05, 0) is 51.7 Å². The number of benzene rings is 1. The third-order valence-corrected chi connectivity index (χ3v) is 3.61. The highest BCUT2D eigenvalue weighted by Gasteiger charge is 2.22. The largest absolute Gasteiger partial charge is 0.354 e. The van der Waals surface area contributed by atoms with E-state index in [1.807, 2.05) is 19.9 Å². The summed E-state index contributed by atoms with van der Waals surface area (Å²) >= 11 is 0. The second-order valence-corrected chi connectivity index (χ2v) is 6.03. The van der Waals surface area contributed by atoms with E-state index in [-0.39, 0.29) is 11.7 Å². The molecule has 2 rings (SSSR count). The Labute approximate surface area is 141 Å². The second kappa shape index (κ2) is 7.97. The summed E-state index contributed by atoms with van der Waals surface area (Å²) in [5.41, 5.74) is 2.45. The number of hydrogen-bond acceptors (Lipinski definition) is 4. The summed E-state index contributed by atoms with van der Waals surface area (Å²) in [5, 5.41) is 2.89. The molecule has 1 heterocycles. The van der Waals surface area contributed by atoms with Crippen molar-refractivity contribution in [3.05, 3.63) is 58.9 Å². The molecular weight excluding hydrogens is 307 g/mol. The Balaban J connectivity index is 2.01. The Morgan fingerprint density at radius 2 is 1.88 bits per heavy atom. The Morgan fingerprint density at radius 1 is 1.21 bits per heavy atom. The fourth-order valence-corrected chi connectivity index (χ4v) is 2.67. The SMILES string of the molecule is Cc1cc(C)nc(CCNC(=O)[C@@H](c2cccc(F)c2)N(C)C)n1. The fourth-order valence-electron chi connectivity index (χ4n) is 2.67. The van der Waals surface area contributed by atoms with E-state index < -0.39 is 6.04 Å². The van der Waals surface area contributed by atoms with Gasteiger partial charge in [0.1, 0.15) is 17.7 Å². The van der Waals surface area contributed by atoms with E-state index in [1.54, 1.807) is 31.1 Å². The van der Waals surface area contributed by atoms with Crippen LogP contribution in [0, 0.1) is 19.7 Å². The zero-order valence-corrected chi connectivity index (χ0v) is 14.5. The van der Waals surface area contributed by atoms with E-state index in [2.05, 4.69) is 15.3 Å². The Hall–Kier alpha value is -2.34. The minimum Gasteiger partial charge on any atom is -0.354 e. The molecule has 1 atom stereocenters. The summed E-state index contributed by atoms with van der Waals surface area (Å²) < 4.78 is 13.4. The van der Waals surface area contributed by atoms with Crippen molar-refractivity contribution in [1.29, 1.82) is 0 Å². The van der Waals surface area contributed by atoms with Crippen molar-refractivity contribution in [3.8, 4) is 0 Å². The average Bonchev–Trinajstić information content (AvgIpc) is 2.46. The van der Waals surface area contributed by atoms with E-state index in [1.165, 1.54) is 12.1 Å². The number of hydrogen-bond donors (Lipinski definition) is 1. The summed E-state index contributed by atoms with van der Waals surface area (Å²) in [4.78, 5) is 23.0. The zero-order chi connectivity index (χ0) is 17.7. The lowest BCUT2D eigenvalue weighted by atomic mass is 10.1. The first kappa shape index (κ1) is 18.0. The number of carbonyl (C=O) groups is 1. The number of aromatic nitrogens is 2. The van der Waals surface area contributed by atoms with Crippen molar-refractivity contribution in [3.63, 3.8) is 0 Å². The lowest BCUT2D eigenvalue weighted by Gasteiger charge is -2.23. The molecule has 0 unspecified atom stereocenters. The van der Waals surface area contributed by atoms with Crippen molar-refractivity contribution in [2.24, 2.45) is 0 Å². The average molecular weight is 330 g/mol. The molecule has 1 N–H and O–H groups in total. The van der Waals surface area contributed by atoms with Crippen LogP contribution in [-0.2, 0) is 11.2 Å². The van der Waals surface area contributed by atoms with Gasteiger partial charge in [-0.3, -0.25) is 9.69 Å². The summed E-state index contributed by atoms with van der Waals surface area (Å²) in [6.45, 7) is 4.27. The van der Waals surface area contributed by atoms with Gasteiger partial charge in [0.25, 0.3) is 0 Å². The molecule has 1 amide bonds. The van der Waals surface area contributed by atoms with Gasteiger partial charge in [0.05, 0.1) is 0 Å². The molecular formula is C18H23FN4O. The smallest absolute Gasteiger partial charge is 0.241 e. The fraction of sp³-hybridized carbons (Fsp3) is 0.389. The van der Waals surface area contributed by atoms with E-state index in [0.717, 1.165) is 11.4 Å². The van der Waals surface area contributed by atoms with Gasteiger partial charge < -0.3 is 5.32 Å². The van der Waals surface area contributed by atoms with Crippen LogP contribution >= 0.6 is 0 Å². The van der Waals surface area contributed by atoms with Crippen LogP contribution in [0.5, 0.6) is 0 Å². The number of halogens is 1. The molecule has 0 saturated carbocycles. The zero-order valence-electron chi connectivity index (χ0n) is 14.5. The van der Waals surface area contributed by atoms with Crippen LogP contribution in [-0.4, -0.2) is 41.4 Å². The van der Waals surface area contributed by atoms with Gasteiger partial charge in [-0.25, -0.2) is 14.4 Å². The highest BCUT2D eigenvalue weighted by molar-refractivity contribution is 5.83. The van der Waals surface area contributed by atoms with Gasteiger partial charge in [-0.2, -0.15) is 0 Å². The Bertz CT molecular complexity index is 698. The lowest BCUT2D eigenvalue weighted by molar-refractivity contribution is -0.125. The quantitative estimate of drug-likeness (QED) is 0.882. The van der Waals surface area contributed by atoms with Crippen molar-refractivity contribution >= 4 is 5.91 Å². The summed E-state index contributed by atoms with van der Waals surface area (Å²) in [6, 6.07) is 7.48. The van der Waals surface area contributed by atoms with Crippen molar-refractivity contribution < 1.29 is 9.18 Å². The number of likely N-dealkylation sites (N-methyl/N-ethyl adjacent to an activating group) is 1. The van der Waals surface area contributed by atoms with E-state index in [4.69, 9.17) is 0 Å². The third-order valence-electron chi connectivity index (χ3n) is 3.61. The van der Waals surface area contributed by atoms with Crippen molar-refractivity contribution in [1.82, 2.24) is 20.2 Å². The predicted octanol–water partition coefficient (Wildman–Crippen LogP) is 2.19. The molecule has 1 aromatic carbocycles. The molecule has 0 fully saturated rings. The Morgan fingerprint density at radius 3 is 2.46 bits per heavy atom. The summed E-state index contributed by atoms with van der Waals surface area (Å²) in [5.74, 6) is 0.186. The minimum absolute atomic E-state index is 0.171. The number of aryl methyl sites for hydroxylation is 2. The third kappa shape index (κ3) is 4.83. The topological polar surface area (TPSA) is 58.1 Å². The summed E-state index contributed by atoms with van der Waals surface area (Å²) in [6.07, 6.45) is 0.553. The van der Waals surface area contributed by atoms with Crippen LogP contribution in [0.15, 0.2) is 30.3 Å². The first-order chi connectivity index (χ1) is 11.4. The molecule has 0 aliphatic carbocycles. The lowest BCUT2D eigenvalue weighted by Crippen LogP contribution is -2.38. The van der Waals surface area contributed by atoms with Crippen molar-refractivity contribution in [2.45, 2.75) is 26.3 Å². The molecule has 0 saturated heterocycles. The minimum atomic E-state index is -0.541. The van der Waals surface area contributed by atoms with Gasteiger partial charge >= 0.3 is 0 Å². The van der Waals surface area contributed by atoms with Crippen LogP contribution in [0.25, 0.3) is 0 Å². The first-order valence-electron chi connectivity index (χ1n) is 7.87. The molecule has 6 heteroatoms. The molecule has 24 heavy (non-hydrogen) atoms. The van der Waals surface area contributed by atoms with Gasteiger partial charge in [-0.1, -0.05) is 12.1 Å². The number of carbonyl (C=O) groups excluding carboxylic acids is 1. The van der Waals surface area contributed by atoms with Gasteiger partial charge in [0.2, 0.25) is 5.91 Å². The van der Waals surface area contributed by atoms with Crippen LogP contribution in [0.2, 0.25) is 0 Å². The molecule has 0 spiro atoms. The van der Waals surface area contributed by atoms with E-state index in [0.29, 0.717) is 24.4 Å². The molecule has 0 aliphatic rings. The van der Waals surface area contributed by atoms with Gasteiger partial charge in [-0.15, -0.1) is 0 Å². The molecule has 0 radical (unpaired) electrons. The number of nitrogens with one attached hydrogen (secondary N) is 1. The Kier molecular flexibility index (Phi) is 5.98. The maximum atomic E-state index is 13.4. The number of rotatable bonds is 6. The highest BCUT2D eigenvalue weighted by Crippen LogP contribution is 2.19. The monoisotopic (exact) mass is 330 g/mol.